The van der Waals surface area contributed by atoms with Gasteiger partial charge in [-0.3, -0.25) is 4.79 Å². The summed E-state index contributed by atoms with van der Waals surface area (Å²) in [4.78, 5) is 11.9. The zero-order valence-electron chi connectivity index (χ0n) is 11.7. The van der Waals surface area contributed by atoms with Crippen molar-refractivity contribution >= 4 is 33.2 Å². The summed E-state index contributed by atoms with van der Waals surface area (Å²) in [5.74, 6) is -2.52. The summed E-state index contributed by atoms with van der Waals surface area (Å²) in [6, 6.07) is 7.42. The number of carbonyl (C=O) groups is 1. The van der Waals surface area contributed by atoms with Gasteiger partial charge in [0.15, 0.2) is 9.84 Å². The number of hydrogen-bond donors (Lipinski definition) is 1. The van der Waals surface area contributed by atoms with Crippen LogP contribution in [0.2, 0.25) is 0 Å². The van der Waals surface area contributed by atoms with Crippen LogP contribution in [0.1, 0.15) is 5.56 Å². The highest BCUT2D eigenvalue weighted by molar-refractivity contribution is 8.00. The minimum atomic E-state index is -3.91. The molecule has 0 radical (unpaired) electrons. The van der Waals surface area contributed by atoms with Gasteiger partial charge in [-0.05, 0) is 30.3 Å². The van der Waals surface area contributed by atoms with E-state index in [4.69, 9.17) is 0 Å². The fourth-order valence-corrected chi connectivity index (χ4v) is 4.51. The molecule has 1 heterocycles. The molecular weight excluding hydrogens is 344 g/mol. The van der Waals surface area contributed by atoms with E-state index in [-0.39, 0.29) is 16.6 Å². The highest BCUT2D eigenvalue weighted by Crippen LogP contribution is 2.34. The highest BCUT2D eigenvalue weighted by Gasteiger charge is 2.23. The molecule has 0 saturated heterocycles. The van der Waals surface area contributed by atoms with Gasteiger partial charge in [0.2, 0.25) is 5.91 Å². The Morgan fingerprint density at radius 2 is 1.83 bits per heavy atom. The molecule has 2 aromatic carbocycles. The lowest BCUT2D eigenvalue weighted by atomic mass is 10.2. The third-order valence-corrected chi connectivity index (χ3v) is 6.04. The first-order chi connectivity index (χ1) is 10.9. The van der Waals surface area contributed by atoms with Gasteiger partial charge in [-0.2, -0.15) is 0 Å². The van der Waals surface area contributed by atoms with Crippen molar-refractivity contribution in [3.63, 3.8) is 0 Å². The Morgan fingerprint density at radius 1 is 1.13 bits per heavy atom. The summed E-state index contributed by atoms with van der Waals surface area (Å²) in [5.41, 5.74) is 0.0495. The van der Waals surface area contributed by atoms with Gasteiger partial charge in [0.25, 0.3) is 0 Å². The number of benzene rings is 2. The maximum absolute atomic E-state index is 13.7. The average Bonchev–Trinajstić information content (AvgIpc) is 2.50. The number of anilines is 1. The summed E-state index contributed by atoms with van der Waals surface area (Å²) in [7, 11) is -3.91. The van der Waals surface area contributed by atoms with Crippen LogP contribution in [0.5, 0.6) is 0 Å². The number of nitrogens with one attached hydrogen (secondary N) is 1. The fourth-order valence-electron chi connectivity index (χ4n) is 2.19. The van der Waals surface area contributed by atoms with Gasteiger partial charge in [-0.1, -0.05) is 6.07 Å². The van der Waals surface area contributed by atoms with E-state index in [9.17, 15) is 22.0 Å². The maximum atomic E-state index is 13.7. The van der Waals surface area contributed by atoms with Gasteiger partial charge in [0, 0.05) is 10.5 Å². The molecule has 0 spiro atoms. The predicted molar refractivity (Wildman–Crippen MR) is 83.0 cm³/mol. The topological polar surface area (TPSA) is 63.2 Å². The van der Waals surface area contributed by atoms with Crippen LogP contribution < -0.4 is 5.32 Å². The van der Waals surface area contributed by atoms with Crippen molar-refractivity contribution in [1.82, 2.24) is 0 Å². The van der Waals surface area contributed by atoms with E-state index < -0.39 is 32.8 Å². The summed E-state index contributed by atoms with van der Waals surface area (Å²) in [6.07, 6.45) is 0. The van der Waals surface area contributed by atoms with Crippen molar-refractivity contribution in [3.05, 3.63) is 53.6 Å². The fraction of sp³-hybridized carbons (Fsp3) is 0.133. The Hall–Kier alpha value is -1.93. The van der Waals surface area contributed by atoms with Crippen LogP contribution in [0.4, 0.5) is 14.5 Å². The molecule has 4 nitrogen and oxygen atoms in total. The highest BCUT2D eigenvalue weighted by atomic mass is 32.2. The second-order valence-corrected chi connectivity index (χ2v) is 7.96. The normalized spacial score (nSPS) is 14.3. The monoisotopic (exact) mass is 355 g/mol. The second kappa shape index (κ2) is 5.93. The van der Waals surface area contributed by atoms with Gasteiger partial charge in [-0.15, -0.1) is 11.8 Å². The van der Waals surface area contributed by atoms with E-state index in [1.54, 1.807) is 0 Å². The molecule has 0 atom stereocenters. The number of fused-ring (bicyclic) bond motifs is 1. The molecule has 1 N–H and O–H groups in total. The first-order valence-corrected chi connectivity index (χ1v) is 9.23. The lowest BCUT2D eigenvalue weighted by Gasteiger charge is -2.17. The molecule has 2 aromatic rings. The molecule has 0 saturated carbocycles. The smallest absolute Gasteiger partial charge is 0.234 e. The maximum Gasteiger partial charge on any atom is 0.234 e. The van der Waals surface area contributed by atoms with E-state index in [1.165, 1.54) is 36.0 Å². The number of carbonyl (C=O) groups excluding carboxylic acids is 1. The van der Waals surface area contributed by atoms with Crippen LogP contribution in [0.3, 0.4) is 0 Å². The standard InChI is InChI=1S/C15H11F2NO3S2/c16-11-2-1-3-12(17)10(11)8-23(20,21)9-4-5-13-14(6-9)22-7-15(19)18-13/h1-6H,7-8H2,(H,18,19). The van der Waals surface area contributed by atoms with Gasteiger partial charge in [-0.25, -0.2) is 17.2 Å². The van der Waals surface area contributed by atoms with Crippen molar-refractivity contribution in [3.8, 4) is 0 Å². The third-order valence-electron chi connectivity index (χ3n) is 3.34. The number of thioether (sulfide) groups is 1. The molecule has 0 unspecified atom stereocenters. The van der Waals surface area contributed by atoms with Crippen molar-refractivity contribution in [2.45, 2.75) is 15.5 Å². The molecule has 8 heteroatoms. The van der Waals surface area contributed by atoms with Gasteiger partial charge < -0.3 is 5.32 Å². The van der Waals surface area contributed by atoms with E-state index >= 15 is 0 Å². The van der Waals surface area contributed by atoms with E-state index in [0.29, 0.717) is 10.6 Å². The lowest BCUT2D eigenvalue weighted by molar-refractivity contribution is -0.113. The second-order valence-electron chi connectivity index (χ2n) is 4.95. The Labute approximate surface area is 135 Å². The van der Waals surface area contributed by atoms with E-state index in [2.05, 4.69) is 5.32 Å². The molecule has 3 rings (SSSR count). The van der Waals surface area contributed by atoms with Crippen LogP contribution >= 0.6 is 11.8 Å². The summed E-state index contributed by atoms with van der Waals surface area (Å²) >= 11 is 1.22. The molecule has 1 aliphatic rings. The van der Waals surface area contributed by atoms with Crippen molar-refractivity contribution < 1.29 is 22.0 Å². The SMILES string of the molecule is O=C1CSc2cc(S(=O)(=O)Cc3c(F)cccc3F)ccc2N1. The largest absolute Gasteiger partial charge is 0.324 e. The molecule has 0 aliphatic carbocycles. The molecule has 0 fully saturated rings. The molecule has 0 aromatic heterocycles. The van der Waals surface area contributed by atoms with Gasteiger partial charge in [0.1, 0.15) is 11.6 Å². The molecule has 23 heavy (non-hydrogen) atoms. The average molecular weight is 355 g/mol. The van der Waals surface area contributed by atoms with Crippen LogP contribution in [0.25, 0.3) is 0 Å². The molecule has 0 bridgehead atoms. The lowest BCUT2D eigenvalue weighted by Crippen LogP contribution is -2.19. The Kier molecular flexibility index (Phi) is 4.11. The first kappa shape index (κ1) is 15.9. The van der Waals surface area contributed by atoms with Gasteiger partial charge >= 0.3 is 0 Å². The Bertz CT molecular complexity index is 877. The van der Waals surface area contributed by atoms with Crippen LogP contribution in [-0.4, -0.2) is 20.1 Å². The third kappa shape index (κ3) is 3.23. The van der Waals surface area contributed by atoms with Crippen LogP contribution in [0, 0.1) is 11.6 Å². The van der Waals surface area contributed by atoms with Gasteiger partial charge in [0.05, 0.1) is 22.1 Å². The number of hydrogen-bond acceptors (Lipinski definition) is 4. The molecular formula is C15H11F2NO3S2. The first-order valence-electron chi connectivity index (χ1n) is 6.59. The zero-order chi connectivity index (χ0) is 16.6. The van der Waals surface area contributed by atoms with Crippen molar-refractivity contribution in [2.75, 3.05) is 11.1 Å². The number of sulfone groups is 1. The molecule has 1 amide bonds. The Morgan fingerprint density at radius 3 is 2.52 bits per heavy atom. The summed E-state index contributed by atoms with van der Waals surface area (Å²) in [5, 5.41) is 2.63. The van der Waals surface area contributed by atoms with Crippen molar-refractivity contribution in [1.29, 1.82) is 0 Å². The summed E-state index contributed by atoms with van der Waals surface area (Å²) in [6.45, 7) is 0. The quantitative estimate of drug-likeness (QED) is 0.919. The zero-order valence-corrected chi connectivity index (χ0v) is 13.3. The number of amides is 1. The van der Waals surface area contributed by atoms with E-state index in [0.717, 1.165) is 12.1 Å². The molecule has 120 valence electrons. The van der Waals surface area contributed by atoms with Crippen LogP contribution in [-0.2, 0) is 20.4 Å². The number of halogens is 2. The minimum absolute atomic E-state index is 0.0393. The Balaban J connectivity index is 1.96. The minimum Gasteiger partial charge on any atom is -0.324 e. The number of rotatable bonds is 3. The summed E-state index contributed by atoms with van der Waals surface area (Å²) < 4.78 is 52.2. The van der Waals surface area contributed by atoms with Crippen LogP contribution in [0.15, 0.2) is 46.2 Å². The molecule has 1 aliphatic heterocycles. The van der Waals surface area contributed by atoms with E-state index in [1.807, 2.05) is 0 Å². The van der Waals surface area contributed by atoms with Crippen molar-refractivity contribution in [2.24, 2.45) is 0 Å². The predicted octanol–water partition coefficient (Wildman–Crippen LogP) is 2.98.